The molecule has 0 radical (unpaired) electrons. The van der Waals surface area contributed by atoms with Gasteiger partial charge in [0.2, 0.25) is 5.91 Å². The molecule has 0 saturated heterocycles. The highest BCUT2D eigenvalue weighted by molar-refractivity contribution is 5.85. The summed E-state index contributed by atoms with van der Waals surface area (Å²) in [4.78, 5) is 13.6. The Kier molecular flexibility index (Phi) is 11.1. The van der Waals surface area contributed by atoms with Crippen molar-refractivity contribution in [3.05, 3.63) is 23.8 Å². The summed E-state index contributed by atoms with van der Waals surface area (Å²) < 4.78 is 34.5. The zero-order chi connectivity index (χ0) is 17.2. The van der Waals surface area contributed by atoms with Crippen LogP contribution in [0.3, 0.4) is 0 Å². The van der Waals surface area contributed by atoms with Crippen LogP contribution in [-0.4, -0.2) is 44.7 Å². The molecular weight excluding hydrogens is 342 g/mol. The van der Waals surface area contributed by atoms with Crippen molar-refractivity contribution >= 4 is 18.3 Å². The molecule has 0 aromatic heterocycles. The van der Waals surface area contributed by atoms with Gasteiger partial charge in [-0.25, -0.2) is 0 Å². The molecule has 0 aliphatic heterocycles. The molecule has 0 heterocycles. The number of carbonyl (C=O) groups excluding carboxylic acids is 1. The predicted molar refractivity (Wildman–Crippen MR) is 91.1 cm³/mol. The van der Waals surface area contributed by atoms with Crippen molar-refractivity contribution < 1.29 is 23.0 Å². The van der Waals surface area contributed by atoms with E-state index in [0.717, 1.165) is 18.5 Å². The molecular formula is C16H25ClF2N2O3. The maximum Gasteiger partial charge on any atom is 0.387 e. The van der Waals surface area contributed by atoms with E-state index in [9.17, 15) is 13.6 Å². The lowest BCUT2D eigenvalue weighted by Gasteiger charge is -2.19. The Morgan fingerprint density at radius 1 is 1.33 bits per heavy atom. The fourth-order valence-electron chi connectivity index (χ4n) is 2.08. The van der Waals surface area contributed by atoms with Crippen molar-refractivity contribution in [1.29, 1.82) is 0 Å². The molecule has 1 aromatic carbocycles. The highest BCUT2D eigenvalue weighted by Gasteiger charge is 2.14. The number of hydrogen-bond donors (Lipinski definition) is 1. The Labute approximate surface area is 147 Å². The number of amides is 1. The maximum absolute atomic E-state index is 12.4. The second kappa shape index (κ2) is 11.9. The van der Waals surface area contributed by atoms with Crippen molar-refractivity contribution in [2.45, 2.75) is 32.9 Å². The van der Waals surface area contributed by atoms with Gasteiger partial charge in [0, 0.05) is 20.0 Å². The molecule has 1 aromatic rings. The van der Waals surface area contributed by atoms with E-state index in [0.29, 0.717) is 19.6 Å². The minimum absolute atomic E-state index is 0. The van der Waals surface area contributed by atoms with E-state index in [4.69, 9.17) is 4.74 Å². The largest absolute Gasteiger partial charge is 0.490 e. The molecule has 1 N–H and O–H groups in total. The summed E-state index contributed by atoms with van der Waals surface area (Å²) in [6.07, 6.45) is 1.23. The number of ether oxygens (including phenoxy) is 2. The lowest BCUT2D eigenvalue weighted by Crippen LogP contribution is -2.26. The summed E-state index contributed by atoms with van der Waals surface area (Å²) in [5.41, 5.74) is 0.791. The second-order valence-corrected chi connectivity index (χ2v) is 5.05. The van der Waals surface area contributed by atoms with Crippen molar-refractivity contribution in [2.24, 2.45) is 0 Å². The maximum atomic E-state index is 12.4. The van der Waals surface area contributed by atoms with Crippen molar-refractivity contribution in [3.8, 4) is 11.5 Å². The number of benzene rings is 1. The minimum atomic E-state index is -2.91. The van der Waals surface area contributed by atoms with Gasteiger partial charge in [0.25, 0.3) is 0 Å². The molecule has 0 aliphatic carbocycles. The molecule has 0 atom stereocenters. The Balaban J connectivity index is 0.00000529. The van der Waals surface area contributed by atoms with Crippen LogP contribution in [0.2, 0.25) is 0 Å². The van der Waals surface area contributed by atoms with Gasteiger partial charge in [0.1, 0.15) is 0 Å². The lowest BCUT2D eigenvalue weighted by molar-refractivity contribution is -0.130. The lowest BCUT2D eigenvalue weighted by atomic mass is 10.1. The van der Waals surface area contributed by atoms with E-state index < -0.39 is 6.61 Å². The van der Waals surface area contributed by atoms with Crippen LogP contribution in [0, 0.1) is 0 Å². The summed E-state index contributed by atoms with van der Waals surface area (Å²) >= 11 is 0. The molecule has 0 fully saturated rings. The van der Waals surface area contributed by atoms with E-state index in [1.54, 1.807) is 31.0 Å². The van der Waals surface area contributed by atoms with Gasteiger partial charge in [-0.05, 0) is 44.6 Å². The van der Waals surface area contributed by atoms with Crippen LogP contribution in [0.5, 0.6) is 11.5 Å². The first-order valence-electron chi connectivity index (χ1n) is 7.57. The number of alkyl halides is 2. The second-order valence-electron chi connectivity index (χ2n) is 5.05. The number of hydrogen-bond acceptors (Lipinski definition) is 4. The normalized spacial score (nSPS) is 10.2. The van der Waals surface area contributed by atoms with Crippen molar-refractivity contribution in [3.63, 3.8) is 0 Å². The van der Waals surface area contributed by atoms with Crippen LogP contribution in [-0.2, 0) is 11.3 Å². The summed E-state index contributed by atoms with van der Waals surface area (Å²) in [7, 11) is 3.55. The zero-order valence-electron chi connectivity index (χ0n) is 14.2. The molecule has 138 valence electrons. The van der Waals surface area contributed by atoms with Crippen LogP contribution < -0.4 is 14.8 Å². The number of nitrogens with one attached hydrogen (secondary N) is 1. The first-order valence-corrected chi connectivity index (χ1v) is 7.57. The highest BCUT2D eigenvalue weighted by Crippen LogP contribution is 2.30. The minimum Gasteiger partial charge on any atom is -0.490 e. The van der Waals surface area contributed by atoms with Crippen LogP contribution in [0.15, 0.2) is 18.2 Å². The van der Waals surface area contributed by atoms with Gasteiger partial charge in [0.05, 0.1) is 6.61 Å². The smallest absolute Gasteiger partial charge is 0.387 e. The Morgan fingerprint density at radius 2 is 2.04 bits per heavy atom. The van der Waals surface area contributed by atoms with Gasteiger partial charge >= 0.3 is 6.61 Å². The summed E-state index contributed by atoms with van der Waals surface area (Å²) in [5.74, 6) is 0.279. The Morgan fingerprint density at radius 3 is 2.62 bits per heavy atom. The van der Waals surface area contributed by atoms with Gasteiger partial charge in [-0.1, -0.05) is 6.07 Å². The molecule has 5 nitrogen and oxygen atoms in total. The molecule has 0 spiro atoms. The standard InChI is InChI=1S/C16H24F2N2O3.ClH/c1-4-22-14-10-12(7-8-13(14)23-16(17)18)11-20(3)15(21)6-5-9-19-2;/h7-8,10,16,19H,4-6,9,11H2,1-3H3;1H. The van der Waals surface area contributed by atoms with Crippen molar-refractivity contribution in [2.75, 3.05) is 27.2 Å². The Bertz CT molecular complexity index is 504. The molecule has 0 aliphatic rings. The highest BCUT2D eigenvalue weighted by atomic mass is 35.5. The summed E-state index contributed by atoms with van der Waals surface area (Å²) in [5, 5.41) is 2.99. The topological polar surface area (TPSA) is 50.8 Å². The van der Waals surface area contributed by atoms with E-state index in [1.165, 1.54) is 6.07 Å². The van der Waals surface area contributed by atoms with E-state index in [2.05, 4.69) is 10.1 Å². The van der Waals surface area contributed by atoms with E-state index in [1.807, 2.05) is 7.05 Å². The predicted octanol–water partition coefficient (Wildman–Crippen LogP) is 3.07. The van der Waals surface area contributed by atoms with Crippen LogP contribution in [0.1, 0.15) is 25.3 Å². The van der Waals surface area contributed by atoms with E-state index >= 15 is 0 Å². The van der Waals surface area contributed by atoms with Crippen molar-refractivity contribution in [1.82, 2.24) is 10.2 Å². The quantitative estimate of drug-likeness (QED) is 0.647. The number of carbonyl (C=O) groups is 1. The molecule has 1 rings (SSSR count). The number of rotatable bonds is 10. The number of halogens is 3. The first kappa shape index (κ1) is 22.4. The third kappa shape index (κ3) is 7.79. The summed E-state index contributed by atoms with van der Waals surface area (Å²) in [6, 6.07) is 4.71. The molecule has 24 heavy (non-hydrogen) atoms. The fourth-order valence-corrected chi connectivity index (χ4v) is 2.08. The SMILES string of the molecule is CCOc1cc(CN(C)C(=O)CCCNC)ccc1OC(F)F.Cl. The molecule has 0 saturated carbocycles. The first-order chi connectivity index (χ1) is 11.0. The van der Waals surface area contributed by atoms with Gasteiger partial charge in [-0.3, -0.25) is 4.79 Å². The molecule has 8 heteroatoms. The molecule has 0 bridgehead atoms. The fraction of sp³-hybridized carbons (Fsp3) is 0.562. The van der Waals surface area contributed by atoms with Gasteiger partial charge in [-0.2, -0.15) is 8.78 Å². The van der Waals surface area contributed by atoms with Crippen LogP contribution in [0.25, 0.3) is 0 Å². The summed E-state index contributed by atoms with van der Waals surface area (Å²) in [6.45, 7) is 0.357. The molecule has 0 unspecified atom stereocenters. The zero-order valence-corrected chi connectivity index (χ0v) is 15.0. The third-order valence-electron chi connectivity index (χ3n) is 3.19. The monoisotopic (exact) mass is 366 g/mol. The van der Waals surface area contributed by atoms with E-state index in [-0.39, 0.29) is 29.8 Å². The van der Waals surface area contributed by atoms with Crippen LogP contribution in [0.4, 0.5) is 8.78 Å². The average Bonchev–Trinajstić information content (AvgIpc) is 2.49. The third-order valence-corrected chi connectivity index (χ3v) is 3.19. The van der Waals surface area contributed by atoms with Gasteiger partial charge < -0.3 is 19.7 Å². The van der Waals surface area contributed by atoms with Crippen LogP contribution >= 0.6 is 12.4 Å². The van der Waals surface area contributed by atoms with Gasteiger partial charge in [0.15, 0.2) is 11.5 Å². The molecule has 1 amide bonds. The Hall–Kier alpha value is -1.60. The van der Waals surface area contributed by atoms with Gasteiger partial charge in [-0.15, -0.1) is 12.4 Å². The number of nitrogens with zero attached hydrogens (tertiary/aromatic N) is 1. The average molecular weight is 367 g/mol.